The highest BCUT2D eigenvalue weighted by molar-refractivity contribution is 5.93. The topological polar surface area (TPSA) is 82.2 Å². The van der Waals surface area contributed by atoms with Gasteiger partial charge in [-0.15, -0.1) is 0 Å². The van der Waals surface area contributed by atoms with E-state index in [1.165, 1.54) is 23.1 Å². The van der Waals surface area contributed by atoms with Crippen molar-refractivity contribution in [2.24, 2.45) is 5.73 Å². The van der Waals surface area contributed by atoms with Crippen LogP contribution in [0.1, 0.15) is 18.9 Å². The number of alkyl halides is 3. The summed E-state index contributed by atoms with van der Waals surface area (Å²) in [7, 11) is 0. The van der Waals surface area contributed by atoms with Gasteiger partial charge in [-0.2, -0.15) is 13.2 Å². The van der Waals surface area contributed by atoms with E-state index in [9.17, 15) is 18.0 Å². The molecule has 0 spiro atoms. The molecule has 5 nitrogen and oxygen atoms in total. The number of hydrogen-bond acceptors (Lipinski definition) is 2. The average molecular weight is 302 g/mol. The molecule has 0 bridgehead atoms. The Labute approximate surface area is 120 Å². The number of carbonyl (C=O) groups is 1. The van der Waals surface area contributed by atoms with Gasteiger partial charge in [0.1, 0.15) is 5.84 Å². The third kappa shape index (κ3) is 4.97. The molecule has 0 aliphatic heterocycles. The van der Waals surface area contributed by atoms with Crippen LogP contribution >= 0.6 is 0 Å². The Morgan fingerprint density at radius 1 is 1.38 bits per heavy atom. The second kappa shape index (κ2) is 6.96. The Hall–Kier alpha value is -2.25. The van der Waals surface area contributed by atoms with Gasteiger partial charge >= 0.3 is 12.2 Å². The number of anilines is 1. The van der Waals surface area contributed by atoms with Crippen molar-refractivity contribution in [1.82, 2.24) is 4.90 Å². The van der Waals surface area contributed by atoms with Crippen LogP contribution in [-0.2, 0) is 6.18 Å². The fourth-order valence-electron chi connectivity index (χ4n) is 1.76. The van der Waals surface area contributed by atoms with E-state index in [0.717, 1.165) is 6.07 Å². The molecule has 4 N–H and O–H groups in total. The maximum absolute atomic E-state index is 12.8. The summed E-state index contributed by atoms with van der Waals surface area (Å²) in [4.78, 5) is 13.2. The van der Waals surface area contributed by atoms with Crippen molar-refractivity contribution in [3.63, 3.8) is 0 Å². The molecule has 0 unspecified atom stereocenters. The minimum atomic E-state index is -4.56. The molecule has 2 amide bonds. The molecular formula is C13H17F3N4O. The van der Waals surface area contributed by atoms with Crippen molar-refractivity contribution in [2.75, 3.05) is 18.4 Å². The SMILES string of the molecule is CCCN(CC(=N)N)C(=O)Nc1ccccc1C(F)(F)F. The fraction of sp³-hybridized carbons (Fsp3) is 0.385. The molecule has 0 heterocycles. The third-order valence-electron chi connectivity index (χ3n) is 2.62. The zero-order valence-electron chi connectivity index (χ0n) is 11.5. The van der Waals surface area contributed by atoms with E-state index in [1.54, 1.807) is 0 Å². The lowest BCUT2D eigenvalue weighted by molar-refractivity contribution is -0.136. The van der Waals surface area contributed by atoms with Crippen LogP contribution in [0.3, 0.4) is 0 Å². The minimum Gasteiger partial charge on any atom is -0.386 e. The molecule has 0 aliphatic carbocycles. The first kappa shape index (κ1) is 16.8. The van der Waals surface area contributed by atoms with Crippen LogP contribution in [0.2, 0.25) is 0 Å². The second-order valence-electron chi connectivity index (χ2n) is 4.42. The monoisotopic (exact) mass is 302 g/mol. The minimum absolute atomic E-state index is 0.131. The first-order valence-corrected chi connectivity index (χ1v) is 6.30. The normalized spacial score (nSPS) is 11.0. The second-order valence-corrected chi connectivity index (χ2v) is 4.42. The number of nitrogens with one attached hydrogen (secondary N) is 2. The number of amidine groups is 1. The van der Waals surface area contributed by atoms with Gasteiger partial charge in [-0.3, -0.25) is 5.41 Å². The number of nitrogens with zero attached hydrogens (tertiary/aromatic N) is 1. The van der Waals surface area contributed by atoms with E-state index in [1.807, 2.05) is 6.92 Å². The first-order chi connectivity index (χ1) is 9.75. The molecule has 1 aromatic carbocycles. The summed E-state index contributed by atoms with van der Waals surface area (Å²) in [5.41, 5.74) is 4.00. The Morgan fingerprint density at radius 2 is 2.00 bits per heavy atom. The Balaban J connectivity index is 2.94. The molecule has 0 radical (unpaired) electrons. The van der Waals surface area contributed by atoms with Crippen LogP contribution in [-0.4, -0.2) is 29.9 Å². The zero-order valence-corrected chi connectivity index (χ0v) is 11.5. The van der Waals surface area contributed by atoms with Gasteiger partial charge in [0.05, 0.1) is 17.8 Å². The Bertz CT molecular complexity index is 516. The van der Waals surface area contributed by atoms with E-state index < -0.39 is 17.8 Å². The summed E-state index contributed by atoms with van der Waals surface area (Å²) in [5.74, 6) is -0.234. The molecule has 0 saturated heterocycles. The van der Waals surface area contributed by atoms with Crippen LogP contribution in [0.25, 0.3) is 0 Å². The highest BCUT2D eigenvalue weighted by atomic mass is 19.4. The molecule has 0 aliphatic rings. The molecule has 0 atom stereocenters. The van der Waals surface area contributed by atoms with E-state index in [-0.39, 0.29) is 18.1 Å². The lowest BCUT2D eigenvalue weighted by atomic mass is 10.1. The third-order valence-corrected chi connectivity index (χ3v) is 2.62. The summed E-state index contributed by atoms with van der Waals surface area (Å²) >= 11 is 0. The molecular weight excluding hydrogens is 285 g/mol. The van der Waals surface area contributed by atoms with Crippen molar-refractivity contribution < 1.29 is 18.0 Å². The fourth-order valence-corrected chi connectivity index (χ4v) is 1.76. The average Bonchev–Trinajstić information content (AvgIpc) is 2.37. The lowest BCUT2D eigenvalue weighted by Gasteiger charge is -2.23. The van der Waals surface area contributed by atoms with E-state index in [0.29, 0.717) is 13.0 Å². The van der Waals surface area contributed by atoms with Gasteiger partial charge in [-0.1, -0.05) is 19.1 Å². The number of amides is 2. The highest BCUT2D eigenvalue weighted by Crippen LogP contribution is 2.34. The largest absolute Gasteiger partial charge is 0.418 e. The highest BCUT2D eigenvalue weighted by Gasteiger charge is 2.33. The number of nitrogens with two attached hydrogens (primary N) is 1. The molecule has 0 aromatic heterocycles. The van der Waals surface area contributed by atoms with Crippen LogP contribution in [0, 0.1) is 5.41 Å². The van der Waals surface area contributed by atoms with Gasteiger partial charge in [0.15, 0.2) is 0 Å². The van der Waals surface area contributed by atoms with Gasteiger partial charge in [0.25, 0.3) is 0 Å². The van der Waals surface area contributed by atoms with Crippen LogP contribution in [0.5, 0.6) is 0 Å². The molecule has 0 saturated carbocycles. The summed E-state index contributed by atoms with van der Waals surface area (Å²) < 4.78 is 38.5. The molecule has 0 fully saturated rings. The van der Waals surface area contributed by atoms with Crippen molar-refractivity contribution in [3.8, 4) is 0 Å². The number of hydrogen-bond donors (Lipinski definition) is 3. The summed E-state index contributed by atoms with van der Waals surface area (Å²) in [5, 5.41) is 9.42. The number of urea groups is 1. The Kier molecular flexibility index (Phi) is 5.57. The molecule has 1 rings (SSSR count). The first-order valence-electron chi connectivity index (χ1n) is 6.30. The number of rotatable bonds is 5. The van der Waals surface area contributed by atoms with E-state index >= 15 is 0 Å². The standard InChI is InChI=1S/C13H17F3N4O/c1-2-7-20(8-11(17)18)12(21)19-10-6-4-3-5-9(10)13(14,15)16/h3-6H,2,7-8H2,1H3,(H3,17,18)(H,19,21). The maximum atomic E-state index is 12.8. The lowest BCUT2D eigenvalue weighted by Crippen LogP contribution is -2.41. The number of para-hydroxylation sites is 1. The van der Waals surface area contributed by atoms with Crippen molar-refractivity contribution >= 4 is 17.6 Å². The number of benzene rings is 1. The van der Waals surface area contributed by atoms with Crippen molar-refractivity contribution in [2.45, 2.75) is 19.5 Å². The maximum Gasteiger partial charge on any atom is 0.418 e. The summed E-state index contributed by atoms with van der Waals surface area (Å²) in [6.07, 6.45) is -3.96. The van der Waals surface area contributed by atoms with Gasteiger partial charge < -0.3 is 16.0 Å². The predicted molar refractivity (Wildman–Crippen MR) is 74.2 cm³/mol. The van der Waals surface area contributed by atoms with Gasteiger partial charge in [-0.25, -0.2) is 4.79 Å². The number of carbonyl (C=O) groups excluding carboxylic acids is 1. The summed E-state index contributed by atoms with van der Waals surface area (Å²) in [6, 6.07) is 4.00. The van der Waals surface area contributed by atoms with E-state index in [4.69, 9.17) is 11.1 Å². The smallest absolute Gasteiger partial charge is 0.386 e. The van der Waals surface area contributed by atoms with Gasteiger partial charge in [0.2, 0.25) is 0 Å². The molecule has 116 valence electrons. The number of halogens is 3. The Morgan fingerprint density at radius 3 is 2.52 bits per heavy atom. The molecule has 1 aromatic rings. The van der Waals surface area contributed by atoms with Crippen molar-refractivity contribution in [3.05, 3.63) is 29.8 Å². The quantitative estimate of drug-likeness (QED) is 0.577. The van der Waals surface area contributed by atoms with Crippen LogP contribution in [0.4, 0.5) is 23.7 Å². The predicted octanol–water partition coefficient (Wildman–Crippen LogP) is 2.89. The van der Waals surface area contributed by atoms with E-state index in [2.05, 4.69) is 5.32 Å². The van der Waals surface area contributed by atoms with Crippen LogP contribution in [0.15, 0.2) is 24.3 Å². The van der Waals surface area contributed by atoms with Crippen molar-refractivity contribution in [1.29, 1.82) is 5.41 Å². The summed E-state index contributed by atoms with van der Waals surface area (Å²) in [6.45, 7) is 1.97. The molecule has 8 heteroatoms. The van der Waals surface area contributed by atoms with Gasteiger partial charge in [-0.05, 0) is 18.6 Å². The van der Waals surface area contributed by atoms with Crippen LogP contribution < -0.4 is 11.1 Å². The molecule has 21 heavy (non-hydrogen) atoms. The van der Waals surface area contributed by atoms with Gasteiger partial charge in [0, 0.05) is 6.54 Å². The zero-order chi connectivity index (χ0) is 16.0.